The first-order valence-electron chi connectivity index (χ1n) is 8.86. The maximum Gasteiger partial charge on any atom is 0.238 e. The van der Waals surface area contributed by atoms with Gasteiger partial charge in [-0.3, -0.25) is 4.79 Å². The molecule has 0 saturated carbocycles. The highest BCUT2D eigenvalue weighted by molar-refractivity contribution is 6.31. The summed E-state index contributed by atoms with van der Waals surface area (Å²) in [4.78, 5) is 12.4. The van der Waals surface area contributed by atoms with Crippen LogP contribution in [0.4, 0.5) is 0 Å². The van der Waals surface area contributed by atoms with Crippen LogP contribution in [0.3, 0.4) is 0 Å². The molecule has 0 bridgehead atoms. The summed E-state index contributed by atoms with van der Waals surface area (Å²) in [5, 5.41) is 3.68. The Balaban J connectivity index is 1.50. The van der Waals surface area contributed by atoms with Crippen molar-refractivity contribution in [3.05, 3.63) is 58.6 Å². The summed E-state index contributed by atoms with van der Waals surface area (Å²) in [6.07, 6.45) is 1.35. The van der Waals surface area contributed by atoms with Crippen molar-refractivity contribution >= 4 is 17.5 Å². The molecular weight excluding hydrogens is 366 g/mol. The molecule has 7 heteroatoms. The highest BCUT2D eigenvalue weighted by Crippen LogP contribution is 2.29. The lowest BCUT2D eigenvalue weighted by Gasteiger charge is -2.12. The fourth-order valence-electron chi connectivity index (χ4n) is 3.18. The third-order valence-corrected chi connectivity index (χ3v) is 5.01. The topological polar surface area (TPSA) is 71.6 Å². The number of hydrogen-bond donors (Lipinski definition) is 3. The van der Waals surface area contributed by atoms with Gasteiger partial charge >= 0.3 is 0 Å². The summed E-state index contributed by atoms with van der Waals surface area (Å²) in [7, 11) is 3.22. The summed E-state index contributed by atoms with van der Waals surface area (Å²) in [5.74, 6) is 1.35. The molecule has 144 valence electrons. The van der Waals surface area contributed by atoms with Crippen LogP contribution < -0.4 is 25.6 Å². The van der Waals surface area contributed by atoms with Gasteiger partial charge in [-0.25, -0.2) is 10.9 Å². The summed E-state index contributed by atoms with van der Waals surface area (Å²) < 4.78 is 10.5. The van der Waals surface area contributed by atoms with Gasteiger partial charge in [-0.15, -0.1) is 0 Å². The molecule has 0 aliphatic carbocycles. The standard InChI is InChI=1S/C20H24ClN3O3/c1-26-18-8-7-13(11-19(18)27-2)9-10-22-20(25)17-12-16(23-24-17)14-5-3-4-6-15(14)21/h3-8,11,16-17,23-24H,9-10,12H2,1-2H3,(H,22,25). The zero-order chi connectivity index (χ0) is 19.2. The van der Waals surface area contributed by atoms with Crippen LogP contribution in [0.1, 0.15) is 23.6 Å². The van der Waals surface area contributed by atoms with Gasteiger partial charge in [-0.05, 0) is 42.2 Å². The Kier molecular flexibility index (Phi) is 6.55. The summed E-state index contributed by atoms with van der Waals surface area (Å²) >= 11 is 6.24. The molecule has 0 aromatic heterocycles. The van der Waals surface area contributed by atoms with Crippen LogP contribution in [0.2, 0.25) is 5.02 Å². The van der Waals surface area contributed by atoms with E-state index in [-0.39, 0.29) is 18.0 Å². The van der Waals surface area contributed by atoms with Gasteiger partial charge in [0, 0.05) is 17.6 Å². The van der Waals surface area contributed by atoms with Crippen LogP contribution in [-0.4, -0.2) is 32.7 Å². The predicted octanol–water partition coefficient (Wildman–Crippen LogP) is 2.62. The highest BCUT2D eigenvalue weighted by Gasteiger charge is 2.30. The van der Waals surface area contributed by atoms with Crippen molar-refractivity contribution in [3.8, 4) is 11.5 Å². The van der Waals surface area contributed by atoms with E-state index >= 15 is 0 Å². The minimum absolute atomic E-state index is 0.0142. The van der Waals surface area contributed by atoms with Gasteiger partial charge in [-0.2, -0.15) is 0 Å². The number of carbonyl (C=O) groups is 1. The monoisotopic (exact) mass is 389 g/mol. The molecule has 2 atom stereocenters. The molecule has 1 aliphatic rings. The Morgan fingerprint density at radius 2 is 1.93 bits per heavy atom. The highest BCUT2D eigenvalue weighted by atomic mass is 35.5. The minimum Gasteiger partial charge on any atom is -0.493 e. The van der Waals surface area contributed by atoms with E-state index in [9.17, 15) is 4.79 Å². The van der Waals surface area contributed by atoms with Crippen LogP contribution in [0, 0.1) is 0 Å². The molecule has 1 heterocycles. The van der Waals surface area contributed by atoms with Crippen LogP contribution in [0.15, 0.2) is 42.5 Å². The molecule has 3 rings (SSSR count). The van der Waals surface area contributed by atoms with Gasteiger partial charge in [0.1, 0.15) is 6.04 Å². The van der Waals surface area contributed by atoms with Crippen molar-refractivity contribution < 1.29 is 14.3 Å². The van der Waals surface area contributed by atoms with E-state index in [2.05, 4.69) is 16.2 Å². The Morgan fingerprint density at radius 3 is 2.67 bits per heavy atom. The number of ether oxygens (including phenoxy) is 2. The molecule has 2 unspecified atom stereocenters. The van der Waals surface area contributed by atoms with Crippen molar-refractivity contribution in [1.82, 2.24) is 16.2 Å². The molecule has 0 spiro atoms. The number of hydrogen-bond acceptors (Lipinski definition) is 5. The SMILES string of the molecule is COc1ccc(CCNC(=O)C2CC(c3ccccc3Cl)NN2)cc1OC. The maximum absolute atomic E-state index is 12.4. The molecule has 1 aliphatic heterocycles. The fraction of sp³-hybridized carbons (Fsp3) is 0.350. The third kappa shape index (κ3) is 4.71. The molecule has 0 radical (unpaired) electrons. The normalized spacial score (nSPS) is 18.9. The van der Waals surface area contributed by atoms with Crippen molar-refractivity contribution in [1.29, 1.82) is 0 Å². The van der Waals surface area contributed by atoms with Gasteiger partial charge in [0.25, 0.3) is 0 Å². The second kappa shape index (κ2) is 9.08. The van der Waals surface area contributed by atoms with Crippen LogP contribution in [0.5, 0.6) is 11.5 Å². The van der Waals surface area contributed by atoms with Gasteiger partial charge in [0.15, 0.2) is 11.5 Å². The number of halogens is 1. The number of methoxy groups -OCH3 is 2. The van der Waals surface area contributed by atoms with E-state index < -0.39 is 0 Å². The number of rotatable bonds is 7. The zero-order valence-electron chi connectivity index (χ0n) is 15.4. The summed E-state index contributed by atoms with van der Waals surface area (Å²) in [6, 6.07) is 13.1. The lowest BCUT2D eigenvalue weighted by atomic mass is 10.0. The Hall–Kier alpha value is -2.28. The average molecular weight is 390 g/mol. The second-order valence-corrected chi connectivity index (χ2v) is 6.79. The number of nitrogens with one attached hydrogen (secondary N) is 3. The molecule has 1 fully saturated rings. The van der Waals surface area contributed by atoms with E-state index in [1.165, 1.54) is 0 Å². The molecule has 2 aromatic carbocycles. The van der Waals surface area contributed by atoms with E-state index in [1.807, 2.05) is 42.5 Å². The molecule has 6 nitrogen and oxygen atoms in total. The van der Waals surface area contributed by atoms with E-state index in [0.717, 1.165) is 11.1 Å². The first kappa shape index (κ1) is 19.5. The first-order chi connectivity index (χ1) is 13.1. The van der Waals surface area contributed by atoms with Crippen LogP contribution in [0.25, 0.3) is 0 Å². The van der Waals surface area contributed by atoms with Crippen molar-refractivity contribution in [2.75, 3.05) is 20.8 Å². The van der Waals surface area contributed by atoms with E-state index in [1.54, 1.807) is 14.2 Å². The van der Waals surface area contributed by atoms with Gasteiger partial charge in [-0.1, -0.05) is 35.9 Å². The second-order valence-electron chi connectivity index (χ2n) is 6.38. The third-order valence-electron chi connectivity index (χ3n) is 4.66. The van der Waals surface area contributed by atoms with E-state index in [0.29, 0.717) is 35.9 Å². The van der Waals surface area contributed by atoms with Crippen LogP contribution in [-0.2, 0) is 11.2 Å². The molecule has 27 heavy (non-hydrogen) atoms. The average Bonchev–Trinajstić information content (AvgIpc) is 3.18. The first-order valence-corrected chi connectivity index (χ1v) is 9.24. The quantitative estimate of drug-likeness (QED) is 0.679. The van der Waals surface area contributed by atoms with Gasteiger partial charge < -0.3 is 14.8 Å². The van der Waals surface area contributed by atoms with E-state index in [4.69, 9.17) is 21.1 Å². The predicted molar refractivity (Wildman–Crippen MR) is 105 cm³/mol. The summed E-state index contributed by atoms with van der Waals surface area (Å²) in [5.41, 5.74) is 8.27. The molecule has 2 aromatic rings. The lowest BCUT2D eigenvalue weighted by Crippen LogP contribution is -2.43. The Labute approximate surface area is 164 Å². The summed E-state index contributed by atoms with van der Waals surface area (Å²) in [6.45, 7) is 0.545. The smallest absolute Gasteiger partial charge is 0.238 e. The van der Waals surface area contributed by atoms with Crippen molar-refractivity contribution in [2.45, 2.75) is 24.9 Å². The number of benzene rings is 2. The molecule has 1 amide bonds. The van der Waals surface area contributed by atoms with Crippen molar-refractivity contribution in [3.63, 3.8) is 0 Å². The fourth-order valence-corrected chi connectivity index (χ4v) is 3.45. The van der Waals surface area contributed by atoms with Gasteiger partial charge in [0.2, 0.25) is 5.91 Å². The number of carbonyl (C=O) groups excluding carboxylic acids is 1. The number of amides is 1. The molecular formula is C20H24ClN3O3. The Morgan fingerprint density at radius 1 is 1.15 bits per heavy atom. The molecule has 3 N–H and O–H groups in total. The van der Waals surface area contributed by atoms with Crippen molar-refractivity contribution in [2.24, 2.45) is 0 Å². The van der Waals surface area contributed by atoms with Gasteiger partial charge in [0.05, 0.1) is 14.2 Å². The number of hydrazine groups is 1. The maximum atomic E-state index is 12.4. The largest absolute Gasteiger partial charge is 0.493 e. The lowest BCUT2D eigenvalue weighted by molar-refractivity contribution is -0.122. The van der Waals surface area contributed by atoms with Crippen LogP contribution >= 0.6 is 11.6 Å². The minimum atomic E-state index is -0.295. The Bertz CT molecular complexity index is 800. The zero-order valence-corrected chi connectivity index (χ0v) is 16.2. The molecule has 1 saturated heterocycles.